The Labute approximate surface area is 180 Å². The fourth-order valence-electron chi connectivity index (χ4n) is 2.52. The van der Waals surface area contributed by atoms with Crippen molar-refractivity contribution in [1.29, 1.82) is 0 Å². The third-order valence-electron chi connectivity index (χ3n) is 4.03. The molecule has 0 saturated heterocycles. The van der Waals surface area contributed by atoms with Crippen LogP contribution in [0.1, 0.15) is 31.1 Å². The maximum absolute atomic E-state index is 13.2. The van der Waals surface area contributed by atoms with E-state index in [-0.39, 0.29) is 17.9 Å². The topological polar surface area (TPSA) is 82.1 Å². The smallest absolute Gasteiger partial charge is 0.338 e. The molecule has 1 amide bonds. The predicted molar refractivity (Wildman–Crippen MR) is 112 cm³/mol. The SMILES string of the molecule is CCOC(=O)CN(C(=O)COC(=O)c1ccc(OCC(C)C)cc1)c1ccc(F)cc1. The molecule has 31 heavy (non-hydrogen) atoms. The molecule has 0 aromatic heterocycles. The zero-order valence-corrected chi connectivity index (χ0v) is 17.8. The van der Waals surface area contributed by atoms with Gasteiger partial charge in [-0.1, -0.05) is 13.8 Å². The number of rotatable bonds is 10. The Bertz CT molecular complexity index is 880. The first-order valence-corrected chi connectivity index (χ1v) is 9.91. The predicted octanol–water partition coefficient (Wildman–Crippen LogP) is 3.61. The Balaban J connectivity index is 2.01. The maximum Gasteiger partial charge on any atom is 0.338 e. The van der Waals surface area contributed by atoms with E-state index >= 15 is 0 Å². The number of nitrogens with zero attached hydrogens (tertiary/aromatic N) is 1. The molecule has 8 heteroatoms. The summed E-state index contributed by atoms with van der Waals surface area (Å²) >= 11 is 0. The number of ether oxygens (including phenoxy) is 3. The number of amides is 1. The average molecular weight is 431 g/mol. The molecule has 0 atom stereocenters. The van der Waals surface area contributed by atoms with Gasteiger partial charge in [0, 0.05) is 5.69 Å². The highest BCUT2D eigenvalue weighted by molar-refractivity contribution is 6.00. The molecular formula is C23H26FNO6. The minimum atomic E-state index is -0.695. The number of anilines is 1. The van der Waals surface area contributed by atoms with Gasteiger partial charge in [-0.3, -0.25) is 14.5 Å². The number of carbonyl (C=O) groups is 3. The van der Waals surface area contributed by atoms with Gasteiger partial charge in [0.25, 0.3) is 5.91 Å². The molecule has 0 radical (unpaired) electrons. The Kier molecular flexibility index (Phi) is 8.99. The lowest BCUT2D eigenvalue weighted by Gasteiger charge is -2.21. The lowest BCUT2D eigenvalue weighted by Crippen LogP contribution is -2.39. The molecule has 0 spiro atoms. The number of halogens is 1. The van der Waals surface area contributed by atoms with Crippen LogP contribution in [0.4, 0.5) is 10.1 Å². The molecule has 2 aromatic carbocycles. The zero-order valence-electron chi connectivity index (χ0n) is 17.8. The van der Waals surface area contributed by atoms with Crippen LogP contribution in [0.15, 0.2) is 48.5 Å². The monoisotopic (exact) mass is 431 g/mol. The van der Waals surface area contributed by atoms with Crippen LogP contribution in [-0.4, -0.2) is 44.2 Å². The highest BCUT2D eigenvalue weighted by Crippen LogP contribution is 2.17. The highest BCUT2D eigenvalue weighted by Gasteiger charge is 2.22. The second-order valence-electron chi connectivity index (χ2n) is 7.07. The molecule has 2 rings (SSSR count). The summed E-state index contributed by atoms with van der Waals surface area (Å²) in [5.41, 5.74) is 0.533. The van der Waals surface area contributed by atoms with Crippen molar-refractivity contribution in [1.82, 2.24) is 0 Å². The molecule has 0 aliphatic heterocycles. The summed E-state index contributed by atoms with van der Waals surface area (Å²) in [5, 5.41) is 0. The second kappa shape index (κ2) is 11.7. The van der Waals surface area contributed by atoms with Crippen LogP contribution in [0.3, 0.4) is 0 Å². The summed E-state index contributed by atoms with van der Waals surface area (Å²) in [6.07, 6.45) is 0. The number of esters is 2. The Morgan fingerprint density at radius 2 is 1.61 bits per heavy atom. The first-order chi connectivity index (χ1) is 14.8. The standard InChI is InChI=1S/C23H26FNO6/c1-4-29-22(27)13-25(19-9-7-18(24)8-10-19)21(26)15-31-23(28)17-5-11-20(12-6-17)30-14-16(2)3/h5-12,16H,4,13-15H2,1-3H3. The maximum atomic E-state index is 13.2. The van der Waals surface area contributed by atoms with E-state index in [2.05, 4.69) is 0 Å². The molecule has 7 nitrogen and oxygen atoms in total. The van der Waals surface area contributed by atoms with Gasteiger partial charge >= 0.3 is 11.9 Å². The van der Waals surface area contributed by atoms with E-state index < -0.39 is 36.8 Å². The van der Waals surface area contributed by atoms with Gasteiger partial charge in [0.1, 0.15) is 18.1 Å². The minimum absolute atomic E-state index is 0.149. The molecule has 0 aliphatic rings. The molecule has 2 aromatic rings. The Morgan fingerprint density at radius 3 is 2.19 bits per heavy atom. The van der Waals surface area contributed by atoms with E-state index in [1.54, 1.807) is 31.2 Å². The number of hydrogen-bond donors (Lipinski definition) is 0. The van der Waals surface area contributed by atoms with Gasteiger partial charge in [-0.2, -0.15) is 0 Å². The summed E-state index contributed by atoms with van der Waals surface area (Å²) < 4.78 is 28.8. The normalized spacial score (nSPS) is 10.5. The van der Waals surface area contributed by atoms with Crippen molar-refractivity contribution in [3.8, 4) is 5.75 Å². The first-order valence-electron chi connectivity index (χ1n) is 9.91. The van der Waals surface area contributed by atoms with Crippen molar-refractivity contribution in [3.63, 3.8) is 0 Å². The van der Waals surface area contributed by atoms with Gasteiger partial charge < -0.3 is 14.2 Å². The van der Waals surface area contributed by atoms with Crippen molar-refractivity contribution in [2.75, 3.05) is 31.3 Å². The summed E-state index contributed by atoms with van der Waals surface area (Å²) in [6, 6.07) is 11.4. The van der Waals surface area contributed by atoms with Gasteiger partial charge in [-0.05, 0) is 61.4 Å². The van der Waals surface area contributed by atoms with Gasteiger partial charge in [-0.25, -0.2) is 9.18 Å². The van der Waals surface area contributed by atoms with Crippen LogP contribution in [-0.2, 0) is 19.1 Å². The molecular weight excluding hydrogens is 405 g/mol. The van der Waals surface area contributed by atoms with Gasteiger partial charge in [0.2, 0.25) is 0 Å². The fourth-order valence-corrected chi connectivity index (χ4v) is 2.52. The number of carbonyl (C=O) groups excluding carboxylic acids is 3. The van der Waals surface area contributed by atoms with Gasteiger partial charge in [-0.15, -0.1) is 0 Å². The van der Waals surface area contributed by atoms with E-state index in [4.69, 9.17) is 14.2 Å². The Hall–Kier alpha value is -3.42. The van der Waals surface area contributed by atoms with E-state index in [1.807, 2.05) is 13.8 Å². The zero-order chi connectivity index (χ0) is 22.8. The van der Waals surface area contributed by atoms with Crippen LogP contribution >= 0.6 is 0 Å². The van der Waals surface area contributed by atoms with E-state index in [0.717, 1.165) is 17.0 Å². The van der Waals surface area contributed by atoms with Crippen LogP contribution in [0.25, 0.3) is 0 Å². The van der Waals surface area contributed by atoms with Gasteiger partial charge in [0.15, 0.2) is 6.61 Å². The number of hydrogen-bond acceptors (Lipinski definition) is 6. The van der Waals surface area contributed by atoms with Crippen molar-refractivity contribution >= 4 is 23.5 Å². The molecule has 0 aliphatic carbocycles. The van der Waals surface area contributed by atoms with Crippen LogP contribution in [0.5, 0.6) is 5.75 Å². The van der Waals surface area contributed by atoms with Crippen LogP contribution in [0.2, 0.25) is 0 Å². The van der Waals surface area contributed by atoms with Crippen LogP contribution in [0, 0.1) is 11.7 Å². The Morgan fingerprint density at radius 1 is 0.968 bits per heavy atom. The van der Waals surface area contributed by atoms with Crippen LogP contribution < -0.4 is 9.64 Å². The number of benzene rings is 2. The second-order valence-corrected chi connectivity index (χ2v) is 7.07. The quantitative estimate of drug-likeness (QED) is 0.535. The molecule has 166 valence electrons. The van der Waals surface area contributed by atoms with Crippen molar-refractivity contribution in [2.45, 2.75) is 20.8 Å². The van der Waals surface area contributed by atoms with E-state index in [1.165, 1.54) is 12.1 Å². The van der Waals surface area contributed by atoms with E-state index in [9.17, 15) is 18.8 Å². The van der Waals surface area contributed by atoms with Crippen molar-refractivity contribution in [3.05, 3.63) is 59.9 Å². The summed E-state index contributed by atoms with van der Waals surface area (Å²) in [6.45, 7) is 5.41. The van der Waals surface area contributed by atoms with E-state index in [0.29, 0.717) is 18.3 Å². The average Bonchev–Trinajstić information content (AvgIpc) is 2.75. The molecule has 0 fully saturated rings. The molecule has 0 bridgehead atoms. The van der Waals surface area contributed by atoms with Gasteiger partial charge in [0.05, 0.1) is 18.8 Å². The highest BCUT2D eigenvalue weighted by atomic mass is 19.1. The molecule has 0 unspecified atom stereocenters. The first kappa shape index (κ1) is 23.9. The third kappa shape index (κ3) is 7.73. The molecule has 0 N–H and O–H groups in total. The van der Waals surface area contributed by atoms with Crippen molar-refractivity contribution < 1.29 is 33.0 Å². The fraction of sp³-hybridized carbons (Fsp3) is 0.348. The largest absolute Gasteiger partial charge is 0.493 e. The minimum Gasteiger partial charge on any atom is -0.493 e. The third-order valence-corrected chi connectivity index (χ3v) is 4.03. The summed E-state index contributed by atoms with van der Waals surface area (Å²) in [7, 11) is 0. The summed E-state index contributed by atoms with van der Waals surface area (Å²) in [5.74, 6) is -1.47. The molecule has 0 saturated carbocycles. The van der Waals surface area contributed by atoms with Crippen molar-refractivity contribution in [2.24, 2.45) is 5.92 Å². The molecule has 0 heterocycles. The lowest BCUT2D eigenvalue weighted by atomic mass is 10.2. The summed E-state index contributed by atoms with van der Waals surface area (Å²) in [4.78, 5) is 37.9. The lowest BCUT2D eigenvalue weighted by molar-refractivity contribution is -0.142.